The minimum atomic E-state index is -0.649. The summed E-state index contributed by atoms with van der Waals surface area (Å²) in [6.07, 6.45) is 3.30. The van der Waals surface area contributed by atoms with Crippen LogP contribution in [0.25, 0.3) is 0 Å². The first-order valence-electron chi connectivity index (χ1n) is 8.76. The summed E-state index contributed by atoms with van der Waals surface area (Å²) in [6, 6.07) is 14.2. The molecule has 0 radical (unpaired) electrons. The first-order chi connectivity index (χ1) is 14.0. The lowest BCUT2D eigenvalue weighted by Crippen LogP contribution is -2.28. The molecule has 0 saturated heterocycles. The monoisotopic (exact) mass is 413 g/mol. The molecule has 0 aromatic heterocycles. The van der Waals surface area contributed by atoms with E-state index >= 15 is 0 Å². The van der Waals surface area contributed by atoms with Crippen LogP contribution >= 0.6 is 11.6 Å². The van der Waals surface area contributed by atoms with Gasteiger partial charge in [0.1, 0.15) is 5.75 Å². The first kappa shape index (κ1) is 20.5. The predicted octanol–water partition coefficient (Wildman–Crippen LogP) is 4.07. The highest BCUT2D eigenvalue weighted by Crippen LogP contribution is 2.39. The van der Waals surface area contributed by atoms with Gasteiger partial charge in [0.15, 0.2) is 0 Å². The molecule has 0 atom stereocenters. The number of hydrogen-bond donors (Lipinski definition) is 0. The number of halogens is 1. The highest BCUT2D eigenvalue weighted by atomic mass is 35.5. The minimum Gasteiger partial charge on any atom is -0.497 e. The maximum absolute atomic E-state index is 12.6. The Balaban J connectivity index is 2.14. The molecule has 7 heteroatoms. The summed E-state index contributed by atoms with van der Waals surface area (Å²) >= 11 is 5.97. The molecule has 1 heterocycles. The minimum absolute atomic E-state index is 0.301. The Morgan fingerprint density at radius 3 is 1.79 bits per heavy atom. The van der Waals surface area contributed by atoms with Crippen molar-refractivity contribution < 1.29 is 23.8 Å². The highest BCUT2D eigenvalue weighted by Gasteiger charge is 2.35. The molecule has 0 saturated carbocycles. The number of carbonyl (C=O) groups excluding carboxylic acids is 2. The molecule has 2 aromatic carbocycles. The second-order valence-corrected chi connectivity index (χ2v) is 6.68. The number of benzene rings is 2. The molecule has 29 heavy (non-hydrogen) atoms. The fourth-order valence-electron chi connectivity index (χ4n) is 3.15. The van der Waals surface area contributed by atoms with E-state index in [2.05, 4.69) is 0 Å². The second kappa shape index (κ2) is 8.84. The quantitative estimate of drug-likeness (QED) is 0.688. The molecular weight excluding hydrogens is 394 g/mol. The van der Waals surface area contributed by atoms with Crippen molar-refractivity contribution in [2.45, 2.75) is 5.92 Å². The number of hydrogen-bond acceptors (Lipinski definition) is 6. The normalized spacial score (nSPS) is 14.0. The molecule has 0 spiro atoms. The molecule has 6 nitrogen and oxygen atoms in total. The summed E-state index contributed by atoms with van der Waals surface area (Å²) < 4.78 is 15.2. The van der Waals surface area contributed by atoms with Gasteiger partial charge in [-0.1, -0.05) is 23.7 Å². The van der Waals surface area contributed by atoms with E-state index in [-0.39, 0.29) is 0 Å². The Morgan fingerprint density at radius 2 is 1.34 bits per heavy atom. The largest absolute Gasteiger partial charge is 0.497 e. The average molecular weight is 414 g/mol. The number of anilines is 1. The van der Waals surface area contributed by atoms with Crippen LogP contribution in [0, 0.1) is 0 Å². The van der Waals surface area contributed by atoms with Gasteiger partial charge < -0.3 is 19.1 Å². The molecule has 0 unspecified atom stereocenters. The molecular formula is C22H20ClNO5. The Morgan fingerprint density at radius 1 is 0.828 bits per heavy atom. The predicted molar refractivity (Wildman–Crippen MR) is 110 cm³/mol. The average Bonchev–Trinajstić information content (AvgIpc) is 2.77. The second-order valence-electron chi connectivity index (χ2n) is 6.24. The zero-order valence-electron chi connectivity index (χ0n) is 16.2. The van der Waals surface area contributed by atoms with Gasteiger partial charge in [-0.05, 0) is 42.0 Å². The summed E-state index contributed by atoms with van der Waals surface area (Å²) in [7, 11) is 4.17. The smallest absolute Gasteiger partial charge is 0.336 e. The van der Waals surface area contributed by atoms with Crippen LogP contribution in [0.5, 0.6) is 5.75 Å². The molecule has 0 N–H and O–H groups in total. The van der Waals surface area contributed by atoms with E-state index < -0.39 is 17.9 Å². The van der Waals surface area contributed by atoms with Crippen molar-refractivity contribution in [3.05, 3.63) is 82.7 Å². The molecule has 0 bridgehead atoms. The molecule has 3 rings (SSSR count). The molecule has 0 aliphatic carbocycles. The van der Waals surface area contributed by atoms with Crippen molar-refractivity contribution in [3.63, 3.8) is 0 Å². The van der Waals surface area contributed by atoms with Gasteiger partial charge >= 0.3 is 11.9 Å². The third-order valence-electron chi connectivity index (χ3n) is 4.59. The van der Waals surface area contributed by atoms with E-state index in [1.54, 1.807) is 72.9 Å². The van der Waals surface area contributed by atoms with Gasteiger partial charge in [0, 0.05) is 23.1 Å². The lowest BCUT2D eigenvalue weighted by Gasteiger charge is -2.30. The van der Waals surface area contributed by atoms with E-state index in [9.17, 15) is 9.59 Å². The summed E-state index contributed by atoms with van der Waals surface area (Å²) in [4.78, 5) is 26.9. The maximum Gasteiger partial charge on any atom is 0.336 e. The van der Waals surface area contributed by atoms with Gasteiger partial charge in [-0.15, -0.1) is 0 Å². The fourth-order valence-corrected chi connectivity index (χ4v) is 3.27. The van der Waals surface area contributed by atoms with E-state index in [1.807, 2.05) is 0 Å². The van der Waals surface area contributed by atoms with E-state index in [4.69, 9.17) is 25.8 Å². The van der Waals surface area contributed by atoms with Crippen LogP contribution in [0.2, 0.25) is 5.02 Å². The zero-order chi connectivity index (χ0) is 21.0. The van der Waals surface area contributed by atoms with Crippen LogP contribution in [0.3, 0.4) is 0 Å². The molecule has 0 fully saturated rings. The number of ether oxygens (including phenoxy) is 3. The Labute approximate surface area is 173 Å². The van der Waals surface area contributed by atoms with Crippen molar-refractivity contribution in [2.75, 3.05) is 26.2 Å². The number of nitrogens with zero attached hydrogens (tertiary/aromatic N) is 1. The fraction of sp³-hybridized carbons (Fsp3) is 0.182. The topological polar surface area (TPSA) is 65.1 Å². The molecule has 1 aliphatic heterocycles. The lowest BCUT2D eigenvalue weighted by molar-refractivity contribution is -0.137. The van der Waals surface area contributed by atoms with Crippen LogP contribution in [0.4, 0.5) is 5.69 Å². The summed E-state index contributed by atoms with van der Waals surface area (Å²) in [6.45, 7) is 0. The Bertz CT molecular complexity index is 930. The highest BCUT2D eigenvalue weighted by molar-refractivity contribution is 6.30. The lowest BCUT2D eigenvalue weighted by atomic mass is 9.83. The standard InChI is InChI=1S/C22H20ClNO5/c1-27-17-10-4-14(5-11-17)20-18(21(25)28-2)12-24(13-19(20)22(26)29-3)16-8-6-15(23)7-9-16/h4-13,20H,1-3H3. The van der Waals surface area contributed by atoms with E-state index in [0.29, 0.717) is 21.9 Å². The first-order valence-corrected chi connectivity index (χ1v) is 9.14. The van der Waals surface area contributed by atoms with Gasteiger partial charge in [0.25, 0.3) is 0 Å². The van der Waals surface area contributed by atoms with Crippen LogP contribution in [0.15, 0.2) is 72.1 Å². The number of carbonyl (C=O) groups is 2. The number of methoxy groups -OCH3 is 3. The third kappa shape index (κ3) is 4.27. The van der Waals surface area contributed by atoms with Gasteiger partial charge in [-0.25, -0.2) is 9.59 Å². The summed E-state index contributed by atoms with van der Waals surface area (Å²) in [5.41, 5.74) is 2.06. The molecule has 1 aliphatic rings. The van der Waals surface area contributed by atoms with Crippen LogP contribution in [0.1, 0.15) is 11.5 Å². The Kier molecular flexibility index (Phi) is 6.24. The van der Waals surface area contributed by atoms with Crippen molar-refractivity contribution in [2.24, 2.45) is 0 Å². The summed E-state index contributed by atoms with van der Waals surface area (Å²) in [5, 5.41) is 0.580. The number of rotatable bonds is 5. The summed E-state index contributed by atoms with van der Waals surface area (Å²) in [5.74, 6) is -1.07. The Hall–Kier alpha value is -3.25. The maximum atomic E-state index is 12.6. The molecule has 150 valence electrons. The van der Waals surface area contributed by atoms with Gasteiger partial charge in [0.2, 0.25) is 0 Å². The SMILES string of the molecule is COC(=O)C1=CN(c2ccc(Cl)cc2)C=C(C(=O)OC)C1c1ccc(OC)cc1. The van der Waals surface area contributed by atoms with Gasteiger partial charge in [0.05, 0.1) is 38.4 Å². The van der Waals surface area contributed by atoms with Crippen molar-refractivity contribution in [1.29, 1.82) is 0 Å². The van der Waals surface area contributed by atoms with Crippen molar-refractivity contribution >= 4 is 29.2 Å². The third-order valence-corrected chi connectivity index (χ3v) is 4.85. The van der Waals surface area contributed by atoms with Crippen LogP contribution < -0.4 is 9.64 Å². The van der Waals surface area contributed by atoms with Crippen molar-refractivity contribution in [3.8, 4) is 5.75 Å². The van der Waals surface area contributed by atoms with Crippen LogP contribution in [-0.2, 0) is 19.1 Å². The van der Waals surface area contributed by atoms with E-state index in [0.717, 1.165) is 11.3 Å². The molecule has 2 aromatic rings. The van der Waals surface area contributed by atoms with Gasteiger partial charge in [-0.3, -0.25) is 0 Å². The van der Waals surface area contributed by atoms with Gasteiger partial charge in [-0.2, -0.15) is 0 Å². The molecule has 0 amide bonds. The van der Waals surface area contributed by atoms with Crippen LogP contribution in [-0.4, -0.2) is 33.3 Å². The zero-order valence-corrected chi connectivity index (χ0v) is 17.0. The number of esters is 2. The van der Waals surface area contributed by atoms with E-state index in [1.165, 1.54) is 14.2 Å². The van der Waals surface area contributed by atoms with Crippen molar-refractivity contribution in [1.82, 2.24) is 0 Å².